The summed E-state index contributed by atoms with van der Waals surface area (Å²) in [6, 6.07) is 5.46. The average Bonchev–Trinajstić information content (AvgIpc) is 3.09. The minimum absolute atomic E-state index is 0.0129. The van der Waals surface area contributed by atoms with Crippen LogP contribution < -0.4 is 5.32 Å². The number of likely N-dealkylation sites (N-methyl/N-ethyl adjacent to an activating group) is 1. The van der Waals surface area contributed by atoms with Gasteiger partial charge >= 0.3 is 0 Å². The number of piperazine rings is 1. The number of carbonyl (C=O) groups is 1. The lowest BCUT2D eigenvalue weighted by molar-refractivity contribution is -0.126. The smallest absolute Gasteiger partial charge is 0.237 e. The summed E-state index contributed by atoms with van der Waals surface area (Å²) in [7, 11) is 2.10. The Kier molecular flexibility index (Phi) is 5.22. The first-order chi connectivity index (χ1) is 11.6. The fraction of sp³-hybridized carbons (Fsp3) is 0.471. The van der Waals surface area contributed by atoms with E-state index in [9.17, 15) is 4.79 Å². The van der Waals surface area contributed by atoms with Crippen molar-refractivity contribution in [3.63, 3.8) is 0 Å². The third kappa shape index (κ3) is 3.98. The SMILES string of the molecule is C[C@H](C(=O)NCc1cc(-c2cccnc2)no1)N1CCN(C)CC1. The molecule has 2 aromatic heterocycles. The molecule has 0 aliphatic carbocycles. The molecule has 0 saturated carbocycles. The number of aromatic nitrogens is 2. The largest absolute Gasteiger partial charge is 0.359 e. The maximum atomic E-state index is 12.3. The lowest BCUT2D eigenvalue weighted by Gasteiger charge is -2.35. The Morgan fingerprint density at radius 2 is 2.17 bits per heavy atom. The monoisotopic (exact) mass is 329 g/mol. The zero-order valence-corrected chi connectivity index (χ0v) is 14.1. The lowest BCUT2D eigenvalue weighted by atomic mass is 10.2. The van der Waals surface area contributed by atoms with Crippen molar-refractivity contribution in [2.24, 2.45) is 0 Å². The van der Waals surface area contributed by atoms with Gasteiger partial charge in [0.2, 0.25) is 5.91 Å². The number of nitrogens with one attached hydrogen (secondary N) is 1. The predicted octanol–water partition coefficient (Wildman–Crippen LogP) is 0.989. The maximum absolute atomic E-state index is 12.3. The van der Waals surface area contributed by atoms with Gasteiger partial charge in [-0.2, -0.15) is 0 Å². The average molecular weight is 329 g/mol. The Morgan fingerprint density at radius 3 is 2.88 bits per heavy atom. The van der Waals surface area contributed by atoms with Gasteiger partial charge in [-0.05, 0) is 26.1 Å². The van der Waals surface area contributed by atoms with Crippen molar-refractivity contribution in [1.82, 2.24) is 25.3 Å². The zero-order valence-electron chi connectivity index (χ0n) is 14.1. The van der Waals surface area contributed by atoms with Crippen molar-refractivity contribution in [3.05, 3.63) is 36.4 Å². The van der Waals surface area contributed by atoms with Crippen LogP contribution >= 0.6 is 0 Å². The van der Waals surface area contributed by atoms with E-state index in [1.54, 1.807) is 12.4 Å². The number of nitrogens with zero attached hydrogens (tertiary/aromatic N) is 4. The molecule has 128 valence electrons. The molecule has 1 aliphatic heterocycles. The fourth-order valence-electron chi connectivity index (χ4n) is 2.74. The molecule has 3 rings (SSSR count). The summed E-state index contributed by atoms with van der Waals surface area (Å²) in [5.74, 6) is 0.645. The van der Waals surface area contributed by atoms with Gasteiger partial charge in [0.1, 0.15) is 5.69 Å². The highest BCUT2D eigenvalue weighted by Crippen LogP contribution is 2.17. The number of carbonyl (C=O) groups excluding carboxylic acids is 1. The maximum Gasteiger partial charge on any atom is 0.237 e. The summed E-state index contributed by atoms with van der Waals surface area (Å²) in [5.41, 5.74) is 1.61. The number of amides is 1. The minimum Gasteiger partial charge on any atom is -0.359 e. The number of rotatable bonds is 5. The first-order valence-electron chi connectivity index (χ1n) is 8.20. The molecule has 0 spiro atoms. The molecule has 0 unspecified atom stereocenters. The molecule has 1 fully saturated rings. The van der Waals surface area contributed by atoms with Crippen LogP contribution in [0.2, 0.25) is 0 Å². The molecule has 7 nitrogen and oxygen atoms in total. The molecule has 7 heteroatoms. The highest BCUT2D eigenvalue weighted by atomic mass is 16.5. The van der Waals surface area contributed by atoms with Gasteiger partial charge in [0, 0.05) is 50.2 Å². The molecular weight excluding hydrogens is 306 g/mol. The molecule has 3 heterocycles. The number of hydrogen-bond donors (Lipinski definition) is 1. The van der Waals surface area contributed by atoms with Gasteiger partial charge in [0.25, 0.3) is 0 Å². The molecule has 1 atom stereocenters. The van der Waals surface area contributed by atoms with Gasteiger partial charge < -0.3 is 14.7 Å². The molecule has 1 amide bonds. The van der Waals surface area contributed by atoms with E-state index in [0.29, 0.717) is 12.3 Å². The van der Waals surface area contributed by atoms with Gasteiger partial charge in [0.05, 0.1) is 12.6 Å². The second kappa shape index (κ2) is 7.55. The minimum atomic E-state index is -0.139. The van der Waals surface area contributed by atoms with E-state index in [2.05, 4.69) is 32.3 Å². The quantitative estimate of drug-likeness (QED) is 0.882. The first kappa shape index (κ1) is 16.6. The predicted molar refractivity (Wildman–Crippen MR) is 90.1 cm³/mol. The van der Waals surface area contributed by atoms with E-state index in [1.165, 1.54) is 0 Å². The molecule has 0 aromatic carbocycles. The van der Waals surface area contributed by atoms with Crippen molar-refractivity contribution in [3.8, 4) is 11.3 Å². The summed E-state index contributed by atoms with van der Waals surface area (Å²) in [5, 5.41) is 6.95. The lowest BCUT2D eigenvalue weighted by Crippen LogP contribution is -2.52. The zero-order chi connectivity index (χ0) is 16.9. The van der Waals surface area contributed by atoms with Crippen LogP contribution in [0.1, 0.15) is 12.7 Å². The van der Waals surface area contributed by atoms with Crippen molar-refractivity contribution in [1.29, 1.82) is 0 Å². The van der Waals surface area contributed by atoms with Gasteiger partial charge in [-0.25, -0.2) is 0 Å². The number of hydrogen-bond acceptors (Lipinski definition) is 6. The first-order valence-corrected chi connectivity index (χ1v) is 8.20. The highest BCUT2D eigenvalue weighted by molar-refractivity contribution is 5.81. The summed E-state index contributed by atoms with van der Waals surface area (Å²) in [6.07, 6.45) is 3.44. The molecule has 0 bridgehead atoms. The van der Waals surface area contributed by atoms with Crippen LogP contribution in [-0.2, 0) is 11.3 Å². The second-order valence-corrected chi connectivity index (χ2v) is 6.15. The molecule has 2 aromatic rings. The Balaban J connectivity index is 1.52. The summed E-state index contributed by atoms with van der Waals surface area (Å²) in [4.78, 5) is 20.9. The summed E-state index contributed by atoms with van der Waals surface area (Å²) < 4.78 is 5.30. The van der Waals surface area contributed by atoms with Crippen LogP contribution in [0.15, 0.2) is 35.1 Å². The van der Waals surface area contributed by atoms with Crippen molar-refractivity contribution in [2.75, 3.05) is 33.2 Å². The Bertz CT molecular complexity index is 665. The fourth-order valence-corrected chi connectivity index (χ4v) is 2.74. The summed E-state index contributed by atoms with van der Waals surface area (Å²) in [6.45, 7) is 6.10. The molecular formula is C17H23N5O2. The van der Waals surface area contributed by atoms with Crippen molar-refractivity contribution < 1.29 is 9.32 Å². The normalized spacial score (nSPS) is 17.6. The third-order valence-electron chi connectivity index (χ3n) is 4.42. The van der Waals surface area contributed by atoms with Crippen molar-refractivity contribution in [2.45, 2.75) is 19.5 Å². The Morgan fingerprint density at radius 1 is 1.38 bits per heavy atom. The Hall–Kier alpha value is -2.25. The van der Waals surface area contributed by atoms with Gasteiger partial charge in [0.15, 0.2) is 5.76 Å². The van der Waals surface area contributed by atoms with E-state index in [1.807, 2.05) is 25.1 Å². The molecule has 1 N–H and O–H groups in total. The van der Waals surface area contributed by atoms with E-state index >= 15 is 0 Å². The highest BCUT2D eigenvalue weighted by Gasteiger charge is 2.24. The van der Waals surface area contributed by atoms with E-state index in [4.69, 9.17) is 4.52 Å². The molecule has 24 heavy (non-hydrogen) atoms. The van der Waals surface area contributed by atoms with Crippen LogP contribution in [-0.4, -0.2) is 65.1 Å². The van der Waals surface area contributed by atoms with Crippen LogP contribution in [0.3, 0.4) is 0 Å². The second-order valence-electron chi connectivity index (χ2n) is 6.15. The van der Waals surface area contributed by atoms with Gasteiger partial charge in [-0.1, -0.05) is 5.16 Å². The topological polar surface area (TPSA) is 74.5 Å². The van der Waals surface area contributed by atoms with Gasteiger partial charge in [-0.3, -0.25) is 14.7 Å². The standard InChI is InChI=1S/C17H23N5O2/c1-13(22-8-6-21(2)7-9-22)17(23)19-12-15-10-16(20-24-15)14-4-3-5-18-11-14/h3-5,10-11,13H,6-9,12H2,1-2H3,(H,19,23)/t13-/m1/s1. The van der Waals surface area contributed by atoms with Crippen LogP contribution in [0.25, 0.3) is 11.3 Å². The summed E-state index contributed by atoms with van der Waals surface area (Å²) >= 11 is 0. The van der Waals surface area contributed by atoms with Crippen LogP contribution in [0.4, 0.5) is 0 Å². The molecule has 0 radical (unpaired) electrons. The third-order valence-corrected chi connectivity index (χ3v) is 4.42. The van der Waals surface area contributed by atoms with E-state index < -0.39 is 0 Å². The number of pyridine rings is 1. The van der Waals surface area contributed by atoms with Crippen molar-refractivity contribution >= 4 is 5.91 Å². The molecule has 1 saturated heterocycles. The molecule has 1 aliphatic rings. The van der Waals surface area contributed by atoms with E-state index in [-0.39, 0.29) is 11.9 Å². The Labute approximate surface area is 141 Å². The van der Waals surface area contributed by atoms with E-state index in [0.717, 1.165) is 37.4 Å². The van der Waals surface area contributed by atoms with Crippen LogP contribution in [0.5, 0.6) is 0 Å². The van der Waals surface area contributed by atoms with Crippen LogP contribution in [0, 0.1) is 0 Å². The van der Waals surface area contributed by atoms with Gasteiger partial charge in [-0.15, -0.1) is 0 Å².